The fraction of sp³-hybridized carbons (Fsp3) is 0.296. The van der Waals surface area contributed by atoms with Crippen LogP contribution in [0.25, 0.3) is 0 Å². The quantitative estimate of drug-likeness (QED) is 0.291. The lowest BCUT2D eigenvalue weighted by Gasteiger charge is -2.23. The van der Waals surface area contributed by atoms with Gasteiger partial charge in [-0.2, -0.15) is 0 Å². The number of benzene rings is 3. The number of aliphatic imine (C=N–C) groups is 1. The highest BCUT2D eigenvalue weighted by Gasteiger charge is 2.15. The molecular formula is C27H31BBrN2. The van der Waals surface area contributed by atoms with Gasteiger partial charge in [0, 0.05) is 16.4 Å². The van der Waals surface area contributed by atoms with Crippen LogP contribution in [0.15, 0.2) is 76.2 Å². The van der Waals surface area contributed by atoms with E-state index < -0.39 is 0 Å². The zero-order valence-corrected chi connectivity index (χ0v) is 20.6. The van der Waals surface area contributed by atoms with Crippen LogP contribution in [0, 0.1) is 0 Å². The van der Waals surface area contributed by atoms with E-state index in [2.05, 4.69) is 112 Å². The fourth-order valence-electron chi connectivity index (χ4n) is 3.68. The minimum absolute atomic E-state index is 0.0917. The molecule has 0 heterocycles. The first-order valence-electron chi connectivity index (χ1n) is 11.0. The standard InChI is InChI=1S/C27H31BBrN2/c1-18(2)22-13-9-14-23(19(3)4)26(22)31-20(5)17-30-27-24(15-10-16-25(27)29)28-21-11-7-6-8-12-21/h6-20,31H,1-5H3. The van der Waals surface area contributed by atoms with E-state index in [0.29, 0.717) is 11.8 Å². The molecule has 0 aliphatic carbocycles. The second-order valence-electron chi connectivity index (χ2n) is 8.56. The van der Waals surface area contributed by atoms with Crippen LogP contribution < -0.4 is 16.2 Å². The zero-order chi connectivity index (χ0) is 22.4. The molecule has 0 spiro atoms. The second kappa shape index (κ2) is 10.8. The van der Waals surface area contributed by atoms with E-state index in [9.17, 15) is 0 Å². The second-order valence-corrected chi connectivity index (χ2v) is 9.42. The lowest BCUT2D eigenvalue weighted by atomic mass is 9.63. The van der Waals surface area contributed by atoms with Crippen molar-refractivity contribution in [3.63, 3.8) is 0 Å². The summed E-state index contributed by atoms with van der Waals surface area (Å²) < 4.78 is 0.992. The van der Waals surface area contributed by atoms with Gasteiger partial charge in [0.05, 0.1) is 11.7 Å². The molecule has 1 atom stereocenters. The summed E-state index contributed by atoms with van der Waals surface area (Å²) in [7, 11) is 2.17. The van der Waals surface area contributed by atoms with Crippen molar-refractivity contribution in [1.29, 1.82) is 0 Å². The molecule has 0 aliphatic heterocycles. The van der Waals surface area contributed by atoms with E-state index >= 15 is 0 Å². The third-order valence-corrected chi connectivity index (χ3v) is 5.95. The number of rotatable bonds is 8. The smallest absolute Gasteiger partial charge is 0.194 e. The first-order chi connectivity index (χ1) is 14.9. The molecule has 0 saturated carbocycles. The van der Waals surface area contributed by atoms with Gasteiger partial charge in [-0.3, -0.25) is 4.99 Å². The number of nitrogens with one attached hydrogen (secondary N) is 1. The average molecular weight is 474 g/mol. The van der Waals surface area contributed by atoms with Gasteiger partial charge in [0.25, 0.3) is 0 Å². The van der Waals surface area contributed by atoms with Crippen LogP contribution in [0.4, 0.5) is 11.4 Å². The molecule has 4 heteroatoms. The largest absolute Gasteiger partial charge is 0.377 e. The molecule has 0 saturated heterocycles. The van der Waals surface area contributed by atoms with Crippen molar-refractivity contribution in [3.8, 4) is 0 Å². The molecule has 159 valence electrons. The van der Waals surface area contributed by atoms with E-state index in [0.717, 1.165) is 21.1 Å². The Morgan fingerprint density at radius 2 is 1.42 bits per heavy atom. The Bertz CT molecular complexity index is 1000. The Morgan fingerprint density at radius 1 is 0.806 bits per heavy atom. The van der Waals surface area contributed by atoms with Gasteiger partial charge in [0.15, 0.2) is 7.28 Å². The van der Waals surface area contributed by atoms with Crippen molar-refractivity contribution in [2.24, 2.45) is 4.99 Å². The Labute approximate surface area is 196 Å². The van der Waals surface area contributed by atoms with Crippen molar-refractivity contribution in [3.05, 3.63) is 82.3 Å². The monoisotopic (exact) mass is 473 g/mol. The minimum Gasteiger partial charge on any atom is -0.377 e. The molecule has 0 aliphatic rings. The third-order valence-electron chi connectivity index (χ3n) is 5.31. The van der Waals surface area contributed by atoms with Gasteiger partial charge in [-0.05, 0) is 51.9 Å². The molecule has 1 unspecified atom stereocenters. The van der Waals surface area contributed by atoms with Crippen LogP contribution in [0.2, 0.25) is 0 Å². The maximum absolute atomic E-state index is 4.88. The fourth-order valence-corrected chi connectivity index (χ4v) is 4.17. The van der Waals surface area contributed by atoms with Gasteiger partial charge < -0.3 is 5.32 Å². The van der Waals surface area contributed by atoms with Crippen LogP contribution >= 0.6 is 15.9 Å². The normalized spacial score (nSPS) is 12.5. The summed E-state index contributed by atoms with van der Waals surface area (Å²) in [6, 6.07) is 23.3. The summed E-state index contributed by atoms with van der Waals surface area (Å²) in [5.74, 6) is 0.918. The van der Waals surface area contributed by atoms with Gasteiger partial charge in [-0.25, -0.2) is 0 Å². The van der Waals surface area contributed by atoms with E-state index in [-0.39, 0.29) is 6.04 Å². The molecule has 0 amide bonds. The molecule has 0 fully saturated rings. The van der Waals surface area contributed by atoms with E-state index in [1.54, 1.807) is 0 Å². The third kappa shape index (κ3) is 6.10. The molecule has 31 heavy (non-hydrogen) atoms. The van der Waals surface area contributed by atoms with Crippen LogP contribution in [-0.4, -0.2) is 19.5 Å². The summed E-state index contributed by atoms with van der Waals surface area (Å²) in [4.78, 5) is 4.88. The lowest BCUT2D eigenvalue weighted by molar-refractivity contribution is 0.830. The number of nitrogens with zero attached hydrogens (tertiary/aromatic N) is 1. The highest BCUT2D eigenvalue weighted by Crippen LogP contribution is 2.32. The SMILES string of the molecule is CC(C=Nc1c(Br)cccc1[B]c1ccccc1)Nc1c(C(C)C)cccc1C(C)C. The maximum atomic E-state index is 4.88. The molecule has 3 aromatic rings. The molecule has 1 N–H and O–H groups in total. The number of hydrogen-bond donors (Lipinski definition) is 1. The maximum Gasteiger partial charge on any atom is 0.194 e. The van der Waals surface area contributed by atoms with Gasteiger partial charge in [-0.1, -0.05) is 99.3 Å². The first-order valence-corrected chi connectivity index (χ1v) is 11.8. The van der Waals surface area contributed by atoms with E-state index in [1.807, 2.05) is 24.4 Å². The van der Waals surface area contributed by atoms with Gasteiger partial charge in [-0.15, -0.1) is 0 Å². The van der Waals surface area contributed by atoms with Gasteiger partial charge in [0.2, 0.25) is 0 Å². The van der Waals surface area contributed by atoms with Gasteiger partial charge in [0.1, 0.15) is 0 Å². The summed E-state index contributed by atoms with van der Waals surface area (Å²) in [6.45, 7) is 11.1. The van der Waals surface area contributed by atoms with Crippen LogP contribution in [0.1, 0.15) is 57.6 Å². The molecule has 2 nitrogen and oxygen atoms in total. The predicted octanol–water partition coefficient (Wildman–Crippen LogP) is 6.55. The Morgan fingerprint density at radius 3 is 2.03 bits per heavy atom. The summed E-state index contributed by atoms with van der Waals surface area (Å²) >= 11 is 3.68. The van der Waals surface area contributed by atoms with E-state index in [1.165, 1.54) is 16.8 Å². The van der Waals surface area contributed by atoms with Crippen molar-refractivity contribution >= 4 is 51.7 Å². The van der Waals surface area contributed by atoms with E-state index in [4.69, 9.17) is 4.99 Å². The summed E-state index contributed by atoms with van der Waals surface area (Å²) in [5, 5.41) is 3.73. The van der Waals surface area contributed by atoms with Gasteiger partial charge >= 0.3 is 0 Å². The van der Waals surface area contributed by atoms with Crippen molar-refractivity contribution < 1.29 is 0 Å². The Balaban J connectivity index is 1.85. The molecule has 0 bridgehead atoms. The minimum atomic E-state index is 0.0917. The molecular weight excluding hydrogens is 443 g/mol. The molecule has 3 aromatic carbocycles. The number of halogens is 1. The number of anilines is 1. The highest BCUT2D eigenvalue weighted by atomic mass is 79.9. The van der Waals surface area contributed by atoms with Crippen LogP contribution in [0.3, 0.4) is 0 Å². The summed E-state index contributed by atoms with van der Waals surface area (Å²) in [6.07, 6.45) is 2.00. The topological polar surface area (TPSA) is 24.4 Å². The average Bonchev–Trinajstić information content (AvgIpc) is 2.74. The van der Waals surface area contributed by atoms with Crippen molar-refractivity contribution in [2.45, 2.75) is 52.5 Å². The molecule has 0 aromatic heterocycles. The van der Waals surface area contributed by atoms with Crippen molar-refractivity contribution in [1.82, 2.24) is 0 Å². The van der Waals surface area contributed by atoms with Crippen LogP contribution in [-0.2, 0) is 0 Å². The number of hydrogen-bond acceptors (Lipinski definition) is 2. The first kappa shape index (κ1) is 23.3. The number of para-hydroxylation sites is 2. The summed E-state index contributed by atoms with van der Waals surface area (Å²) in [5.41, 5.74) is 7.15. The van der Waals surface area contributed by atoms with Crippen molar-refractivity contribution in [2.75, 3.05) is 5.32 Å². The Kier molecular flexibility index (Phi) is 8.14. The predicted molar refractivity (Wildman–Crippen MR) is 141 cm³/mol. The van der Waals surface area contributed by atoms with Crippen LogP contribution in [0.5, 0.6) is 0 Å². The Hall–Kier alpha value is -2.33. The molecule has 1 radical (unpaired) electrons. The molecule has 3 rings (SSSR count). The highest BCUT2D eigenvalue weighted by molar-refractivity contribution is 9.10. The lowest BCUT2D eigenvalue weighted by Crippen LogP contribution is -2.27. The zero-order valence-electron chi connectivity index (χ0n) is 19.1.